The van der Waals surface area contributed by atoms with Gasteiger partial charge in [0.25, 0.3) is 0 Å². The highest BCUT2D eigenvalue weighted by Gasteiger charge is 2.09. The zero-order valence-corrected chi connectivity index (χ0v) is 11.0. The fraction of sp³-hybridized carbons (Fsp3) is 0.250. The van der Waals surface area contributed by atoms with Crippen molar-refractivity contribution in [1.82, 2.24) is 0 Å². The highest BCUT2D eigenvalue weighted by molar-refractivity contribution is 5.58. The first-order valence-corrected chi connectivity index (χ1v) is 6.27. The van der Waals surface area contributed by atoms with E-state index >= 15 is 0 Å². The molecule has 0 saturated carbocycles. The Morgan fingerprint density at radius 2 is 1.61 bits per heavy atom. The van der Waals surface area contributed by atoms with Crippen molar-refractivity contribution >= 4 is 5.69 Å². The van der Waals surface area contributed by atoms with E-state index in [-0.39, 0.29) is 0 Å². The summed E-state index contributed by atoms with van der Waals surface area (Å²) >= 11 is 0. The van der Waals surface area contributed by atoms with Gasteiger partial charge < -0.3 is 9.64 Å². The molecule has 0 aromatic heterocycles. The largest absolute Gasteiger partial charge is 0.495 e. The molecule has 0 N–H and O–H groups in total. The third kappa shape index (κ3) is 2.83. The monoisotopic (exact) mass is 241 g/mol. The number of nitrogens with zero attached hydrogens (tertiary/aromatic N) is 1. The van der Waals surface area contributed by atoms with E-state index in [2.05, 4.69) is 42.2 Å². The summed E-state index contributed by atoms with van der Waals surface area (Å²) in [5.41, 5.74) is 2.46. The summed E-state index contributed by atoms with van der Waals surface area (Å²) in [7, 11) is 1.72. The molecule has 2 aromatic rings. The zero-order chi connectivity index (χ0) is 12.8. The molecule has 0 unspecified atom stereocenters. The SMILES string of the molecule is CCN(Cc1ccccc1)c1ccccc1OC. The number of rotatable bonds is 5. The van der Waals surface area contributed by atoms with Crippen LogP contribution in [0.1, 0.15) is 12.5 Å². The van der Waals surface area contributed by atoms with E-state index in [4.69, 9.17) is 4.74 Å². The lowest BCUT2D eigenvalue weighted by molar-refractivity contribution is 0.414. The molecular formula is C16H19NO. The number of anilines is 1. The summed E-state index contributed by atoms with van der Waals surface area (Å²) in [5, 5.41) is 0. The molecule has 0 heterocycles. The van der Waals surface area contributed by atoms with Gasteiger partial charge in [0.15, 0.2) is 0 Å². The third-order valence-corrected chi connectivity index (χ3v) is 3.02. The van der Waals surface area contributed by atoms with Crippen LogP contribution in [0.4, 0.5) is 5.69 Å². The molecular weight excluding hydrogens is 222 g/mol. The highest BCUT2D eigenvalue weighted by Crippen LogP contribution is 2.28. The molecule has 2 rings (SSSR count). The first-order valence-electron chi connectivity index (χ1n) is 6.27. The first-order chi connectivity index (χ1) is 8.85. The van der Waals surface area contributed by atoms with Crippen LogP contribution in [-0.4, -0.2) is 13.7 Å². The number of ether oxygens (including phenoxy) is 1. The molecule has 0 spiro atoms. The standard InChI is InChI=1S/C16H19NO/c1-3-17(13-14-9-5-4-6-10-14)15-11-7-8-12-16(15)18-2/h4-12H,3,13H2,1-2H3. The minimum atomic E-state index is 0.901. The van der Waals surface area contributed by atoms with Crippen LogP contribution in [-0.2, 0) is 6.54 Å². The van der Waals surface area contributed by atoms with Crippen molar-refractivity contribution in [3.05, 3.63) is 60.2 Å². The average Bonchev–Trinajstić information content (AvgIpc) is 2.46. The minimum absolute atomic E-state index is 0.901. The molecule has 0 saturated heterocycles. The lowest BCUT2D eigenvalue weighted by Crippen LogP contribution is -2.22. The molecule has 0 fully saturated rings. The van der Waals surface area contributed by atoms with Crippen LogP contribution in [0.5, 0.6) is 5.75 Å². The van der Waals surface area contributed by atoms with Crippen LogP contribution in [0.2, 0.25) is 0 Å². The van der Waals surface area contributed by atoms with Gasteiger partial charge in [0.2, 0.25) is 0 Å². The molecule has 2 nitrogen and oxygen atoms in total. The Bertz CT molecular complexity index is 481. The van der Waals surface area contributed by atoms with Crippen LogP contribution in [0.15, 0.2) is 54.6 Å². The molecule has 0 aliphatic carbocycles. The second-order valence-electron chi connectivity index (χ2n) is 4.17. The van der Waals surface area contributed by atoms with Crippen LogP contribution < -0.4 is 9.64 Å². The van der Waals surface area contributed by atoms with Gasteiger partial charge in [0.05, 0.1) is 12.8 Å². The fourth-order valence-corrected chi connectivity index (χ4v) is 2.06. The topological polar surface area (TPSA) is 12.5 Å². The summed E-state index contributed by atoms with van der Waals surface area (Å²) < 4.78 is 5.42. The Hall–Kier alpha value is -1.96. The molecule has 0 amide bonds. The van der Waals surface area contributed by atoms with E-state index in [1.165, 1.54) is 5.56 Å². The predicted octanol–water partition coefficient (Wildman–Crippen LogP) is 3.72. The van der Waals surface area contributed by atoms with Crippen molar-refractivity contribution in [3.8, 4) is 5.75 Å². The predicted molar refractivity (Wildman–Crippen MR) is 76.2 cm³/mol. The quantitative estimate of drug-likeness (QED) is 0.791. The number of hydrogen-bond acceptors (Lipinski definition) is 2. The van der Waals surface area contributed by atoms with Crippen LogP contribution in [0, 0.1) is 0 Å². The van der Waals surface area contributed by atoms with Gasteiger partial charge in [-0.3, -0.25) is 0 Å². The van der Waals surface area contributed by atoms with Crippen LogP contribution in [0.25, 0.3) is 0 Å². The molecule has 2 aromatic carbocycles. The van der Waals surface area contributed by atoms with Gasteiger partial charge in [-0.1, -0.05) is 42.5 Å². The van der Waals surface area contributed by atoms with E-state index in [0.29, 0.717) is 0 Å². The third-order valence-electron chi connectivity index (χ3n) is 3.02. The summed E-state index contributed by atoms with van der Waals surface area (Å²) in [6, 6.07) is 18.6. The van der Waals surface area contributed by atoms with Crippen molar-refractivity contribution in [3.63, 3.8) is 0 Å². The Morgan fingerprint density at radius 1 is 0.944 bits per heavy atom. The Morgan fingerprint density at radius 3 is 2.28 bits per heavy atom. The molecule has 18 heavy (non-hydrogen) atoms. The first kappa shape index (κ1) is 12.5. The molecule has 94 valence electrons. The van der Waals surface area contributed by atoms with Crippen LogP contribution in [0.3, 0.4) is 0 Å². The van der Waals surface area contributed by atoms with Gasteiger partial charge in [0, 0.05) is 13.1 Å². The summed E-state index contributed by atoms with van der Waals surface area (Å²) in [5.74, 6) is 0.926. The second kappa shape index (κ2) is 6.10. The van der Waals surface area contributed by atoms with Gasteiger partial charge in [-0.15, -0.1) is 0 Å². The minimum Gasteiger partial charge on any atom is -0.495 e. The fourth-order valence-electron chi connectivity index (χ4n) is 2.06. The second-order valence-corrected chi connectivity index (χ2v) is 4.17. The zero-order valence-electron chi connectivity index (χ0n) is 11.0. The molecule has 0 aliphatic rings. The summed E-state index contributed by atoms with van der Waals surface area (Å²) in [6.45, 7) is 4.02. The van der Waals surface area contributed by atoms with Crippen molar-refractivity contribution in [2.75, 3.05) is 18.6 Å². The maximum absolute atomic E-state index is 5.42. The summed E-state index contributed by atoms with van der Waals surface area (Å²) in [6.07, 6.45) is 0. The molecule has 0 radical (unpaired) electrons. The van der Waals surface area contributed by atoms with Gasteiger partial charge in [-0.25, -0.2) is 0 Å². The van der Waals surface area contributed by atoms with Crippen LogP contribution >= 0.6 is 0 Å². The van der Waals surface area contributed by atoms with Crippen molar-refractivity contribution in [2.24, 2.45) is 0 Å². The highest BCUT2D eigenvalue weighted by atomic mass is 16.5. The van der Waals surface area contributed by atoms with E-state index in [1.54, 1.807) is 7.11 Å². The van der Waals surface area contributed by atoms with E-state index < -0.39 is 0 Å². The Labute approximate surface area is 109 Å². The van der Waals surface area contributed by atoms with E-state index in [0.717, 1.165) is 24.5 Å². The number of hydrogen-bond donors (Lipinski definition) is 0. The normalized spacial score (nSPS) is 10.1. The van der Waals surface area contributed by atoms with Gasteiger partial charge >= 0.3 is 0 Å². The van der Waals surface area contributed by atoms with Crippen molar-refractivity contribution < 1.29 is 4.74 Å². The molecule has 0 aliphatic heterocycles. The lowest BCUT2D eigenvalue weighted by atomic mass is 10.2. The maximum atomic E-state index is 5.42. The maximum Gasteiger partial charge on any atom is 0.142 e. The van der Waals surface area contributed by atoms with Crippen molar-refractivity contribution in [2.45, 2.75) is 13.5 Å². The number of benzene rings is 2. The smallest absolute Gasteiger partial charge is 0.142 e. The Balaban J connectivity index is 2.23. The molecule has 0 atom stereocenters. The van der Waals surface area contributed by atoms with Crippen molar-refractivity contribution in [1.29, 1.82) is 0 Å². The lowest BCUT2D eigenvalue weighted by Gasteiger charge is -2.25. The van der Waals surface area contributed by atoms with E-state index in [9.17, 15) is 0 Å². The number of para-hydroxylation sites is 2. The average molecular weight is 241 g/mol. The van der Waals surface area contributed by atoms with E-state index in [1.807, 2.05) is 24.3 Å². The Kier molecular flexibility index (Phi) is 4.24. The molecule has 0 bridgehead atoms. The van der Waals surface area contributed by atoms with Gasteiger partial charge in [-0.05, 0) is 24.6 Å². The molecule has 2 heteroatoms. The summed E-state index contributed by atoms with van der Waals surface area (Å²) in [4.78, 5) is 2.31. The number of methoxy groups -OCH3 is 1. The van der Waals surface area contributed by atoms with Gasteiger partial charge in [-0.2, -0.15) is 0 Å². The van der Waals surface area contributed by atoms with Gasteiger partial charge in [0.1, 0.15) is 5.75 Å².